The number of aromatic nitrogens is 1. The van der Waals surface area contributed by atoms with Crippen molar-refractivity contribution < 1.29 is 0 Å². The van der Waals surface area contributed by atoms with Crippen LogP contribution >= 0.6 is 0 Å². The number of rotatable bonds is 3. The van der Waals surface area contributed by atoms with Gasteiger partial charge in [-0.15, -0.1) is 0 Å². The standard InChI is InChI=1S/C17H24N2/c1-17(2)9-4-3-5-16(17)19-12-13-6-7-15-14(11-13)8-10-18-15/h6-8,10-11,16,18-19H,3-5,9,12H2,1-2H3. The highest BCUT2D eigenvalue weighted by atomic mass is 14.9. The van der Waals surface area contributed by atoms with Gasteiger partial charge in [-0.3, -0.25) is 0 Å². The Morgan fingerprint density at radius 3 is 3.00 bits per heavy atom. The smallest absolute Gasteiger partial charge is 0.0454 e. The topological polar surface area (TPSA) is 27.8 Å². The monoisotopic (exact) mass is 256 g/mol. The molecule has 3 rings (SSSR count). The van der Waals surface area contributed by atoms with Crippen molar-refractivity contribution in [2.75, 3.05) is 0 Å². The summed E-state index contributed by atoms with van der Waals surface area (Å²) in [6, 6.07) is 9.49. The molecule has 1 saturated carbocycles. The van der Waals surface area contributed by atoms with Gasteiger partial charge in [0.05, 0.1) is 0 Å². The number of aromatic amines is 1. The molecule has 102 valence electrons. The summed E-state index contributed by atoms with van der Waals surface area (Å²) in [4.78, 5) is 3.24. The summed E-state index contributed by atoms with van der Waals surface area (Å²) < 4.78 is 0. The first-order valence-electron chi connectivity index (χ1n) is 7.44. The normalized spacial score (nSPS) is 22.7. The van der Waals surface area contributed by atoms with Crippen LogP contribution in [0.5, 0.6) is 0 Å². The number of hydrogen-bond acceptors (Lipinski definition) is 1. The Morgan fingerprint density at radius 1 is 1.26 bits per heavy atom. The van der Waals surface area contributed by atoms with Gasteiger partial charge in [0.25, 0.3) is 0 Å². The maximum Gasteiger partial charge on any atom is 0.0454 e. The van der Waals surface area contributed by atoms with Crippen molar-refractivity contribution in [1.29, 1.82) is 0 Å². The SMILES string of the molecule is CC1(C)CCCCC1NCc1ccc2[nH]ccc2c1. The lowest BCUT2D eigenvalue weighted by Crippen LogP contribution is -2.43. The lowest BCUT2D eigenvalue weighted by Gasteiger charge is -2.39. The van der Waals surface area contributed by atoms with Gasteiger partial charge in [-0.25, -0.2) is 0 Å². The minimum absolute atomic E-state index is 0.441. The molecular formula is C17H24N2. The molecule has 1 fully saturated rings. The molecule has 0 bridgehead atoms. The fraction of sp³-hybridized carbons (Fsp3) is 0.529. The van der Waals surface area contributed by atoms with Crippen molar-refractivity contribution in [3.8, 4) is 0 Å². The van der Waals surface area contributed by atoms with Crippen LogP contribution in [0, 0.1) is 5.41 Å². The van der Waals surface area contributed by atoms with E-state index in [0.29, 0.717) is 11.5 Å². The zero-order chi connectivity index (χ0) is 13.3. The first-order valence-corrected chi connectivity index (χ1v) is 7.44. The van der Waals surface area contributed by atoms with Crippen LogP contribution in [0.25, 0.3) is 10.9 Å². The first kappa shape index (κ1) is 12.7. The molecule has 0 spiro atoms. The summed E-state index contributed by atoms with van der Waals surface area (Å²) in [5.74, 6) is 0. The van der Waals surface area contributed by atoms with Crippen LogP contribution in [-0.4, -0.2) is 11.0 Å². The second-order valence-corrected chi connectivity index (χ2v) is 6.57. The lowest BCUT2D eigenvalue weighted by atomic mass is 9.73. The van der Waals surface area contributed by atoms with Crippen molar-refractivity contribution in [3.63, 3.8) is 0 Å². The molecule has 0 radical (unpaired) electrons. The zero-order valence-corrected chi connectivity index (χ0v) is 12.0. The molecule has 2 aromatic rings. The van der Waals surface area contributed by atoms with E-state index >= 15 is 0 Å². The summed E-state index contributed by atoms with van der Waals surface area (Å²) in [6.07, 6.45) is 7.44. The van der Waals surface area contributed by atoms with Crippen LogP contribution in [0.15, 0.2) is 30.5 Å². The highest BCUT2D eigenvalue weighted by Gasteiger charge is 2.31. The van der Waals surface area contributed by atoms with E-state index in [4.69, 9.17) is 0 Å². The summed E-state index contributed by atoms with van der Waals surface area (Å²) >= 11 is 0. The lowest BCUT2D eigenvalue weighted by molar-refractivity contribution is 0.167. The second kappa shape index (κ2) is 5.01. The van der Waals surface area contributed by atoms with Gasteiger partial charge in [0.2, 0.25) is 0 Å². The summed E-state index contributed by atoms with van der Waals surface area (Å²) in [7, 11) is 0. The molecule has 0 saturated heterocycles. The minimum atomic E-state index is 0.441. The van der Waals surface area contributed by atoms with Crippen molar-refractivity contribution in [1.82, 2.24) is 10.3 Å². The van der Waals surface area contributed by atoms with E-state index in [1.54, 1.807) is 0 Å². The Hall–Kier alpha value is -1.28. The van der Waals surface area contributed by atoms with Crippen molar-refractivity contribution in [2.24, 2.45) is 5.41 Å². The molecule has 0 amide bonds. The Labute approximate surface area is 115 Å². The Morgan fingerprint density at radius 2 is 2.16 bits per heavy atom. The summed E-state index contributed by atoms with van der Waals surface area (Å²) in [5, 5.41) is 5.08. The van der Waals surface area contributed by atoms with E-state index in [1.807, 2.05) is 6.20 Å². The third-order valence-electron chi connectivity index (χ3n) is 4.68. The van der Waals surface area contributed by atoms with Gasteiger partial charge in [0.1, 0.15) is 0 Å². The Balaban J connectivity index is 1.67. The van der Waals surface area contributed by atoms with Crippen molar-refractivity contribution in [2.45, 2.75) is 52.1 Å². The van der Waals surface area contributed by atoms with Gasteiger partial charge in [0, 0.05) is 24.3 Å². The highest BCUT2D eigenvalue weighted by molar-refractivity contribution is 5.79. The number of benzene rings is 1. The maximum atomic E-state index is 3.77. The van der Waals surface area contributed by atoms with E-state index in [-0.39, 0.29) is 0 Å². The molecular weight excluding hydrogens is 232 g/mol. The fourth-order valence-corrected chi connectivity index (χ4v) is 3.33. The molecule has 1 atom stereocenters. The first-order chi connectivity index (χ1) is 9.15. The van der Waals surface area contributed by atoms with Crippen LogP contribution in [0.2, 0.25) is 0 Å². The minimum Gasteiger partial charge on any atom is -0.361 e. The fourth-order valence-electron chi connectivity index (χ4n) is 3.33. The number of hydrogen-bond donors (Lipinski definition) is 2. The van der Waals surface area contributed by atoms with E-state index in [2.05, 4.69) is 48.4 Å². The molecule has 1 aliphatic rings. The molecule has 1 aromatic carbocycles. The summed E-state index contributed by atoms with van der Waals surface area (Å²) in [6.45, 7) is 5.79. The van der Waals surface area contributed by atoms with Crippen molar-refractivity contribution in [3.05, 3.63) is 36.0 Å². The average molecular weight is 256 g/mol. The Kier molecular flexibility index (Phi) is 3.36. The molecule has 1 heterocycles. The Bertz CT molecular complexity index is 553. The molecule has 0 aliphatic heterocycles. The maximum absolute atomic E-state index is 3.77. The third-order valence-corrected chi connectivity index (χ3v) is 4.68. The molecule has 1 aliphatic carbocycles. The average Bonchev–Trinajstić information content (AvgIpc) is 2.84. The van der Waals surface area contributed by atoms with Gasteiger partial charge in [-0.1, -0.05) is 32.8 Å². The van der Waals surface area contributed by atoms with E-state index in [1.165, 1.54) is 42.1 Å². The largest absolute Gasteiger partial charge is 0.361 e. The molecule has 2 heteroatoms. The van der Waals surface area contributed by atoms with Gasteiger partial charge >= 0.3 is 0 Å². The van der Waals surface area contributed by atoms with Gasteiger partial charge in [-0.05, 0) is 47.4 Å². The number of fused-ring (bicyclic) bond motifs is 1. The van der Waals surface area contributed by atoms with Crippen LogP contribution in [-0.2, 0) is 6.54 Å². The molecule has 1 unspecified atom stereocenters. The van der Waals surface area contributed by atoms with Crippen LogP contribution < -0.4 is 5.32 Å². The van der Waals surface area contributed by atoms with E-state index in [9.17, 15) is 0 Å². The van der Waals surface area contributed by atoms with E-state index < -0.39 is 0 Å². The molecule has 19 heavy (non-hydrogen) atoms. The predicted octanol–water partition coefficient (Wildman–Crippen LogP) is 4.23. The molecule has 2 nitrogen and oxygen atoms in total. The van der Waals surface area contributed by atoms with Gasteiger partial charge < -0.3 is 10.3 Å². The van der Waals surface area contributed by atoms with Crippen molar-refractivity contribution >= 4 is 10.9 Å². The quantitative estimate of drug-likeness (QED) is 0.845. The highest BCUT2D eigenvalue weighted by Crippen LogP contribution is 2.35. The van der Waals surface area contributed by atoms with Gasteiger partial charge in [0.15, 0.2) is 0 Å². The second-order valence-electron chi connectivity index (χ2n) is 6.57. The number of nitrogens with one attached hydrogen (secondary N) is 2. The van der Waals surface area contributed by atoms with E-state index in [0.717, 1.165) is 6.54 Å². The van der Waals surface area contributed by atoms with Gasteiger partial charge in [-0.2, -0.15) is 0 Å². The predicted molar refractivity (Wildman–Crippen MR) is 81.2 cm³/mol. The van der Waals surface area contributed by atoms with Crippen LogP contribution in [0.3, 0.4) is 0 Å². The molecule has 1 aromatic heterocycles. The third kappa shape index (κ3) is 2.69. The zero-order valence-electron chi connectivity index (χ0n) is 12.0. The number of H-pyrrole nitrogens is 1. The molecule has 2 N–H and O–H groups in total. The van der Waals surface area contributed by atoms with Crippen LogP contribution in [0.4, 0.5) is 0 Å². The summed E-state index contributed by atoms with van der Waals surface area (Å²) in [5.41, 5.74) is 3.05. The van der Waals surface area contributed by atoms with Crippen LogP contribution in [0.1, 0.15) is 45.1 Å².